The minimum Gasteiger partial charge on any atom is -0.390 e. The molecule has 1 fully saturated rings. The average molecular weight is 638 g/mol. The third-order valence-corrected chi connectivity index (χ3v) is 9.36. The molecule has 3 aromatic rings. The summed E-state index contributed by atoms with van der Waals surface area (Å²) in [7, 11) is -2.94. The van der Waals surface area contributed by atoms with Crippen LogP contribution in [0.4, 0.5) is 11.4 Å². The smallest absolute Gasteiger partial charge is 0.251 e. The fourth-order valence-electron chi connectivity index (χ4n) is 4.98. The van der Waals surface area contributed by atoms with E-state index >= 15 is 0 Å². The number of hydrogen-bond donors (Lipinski definition) is 6. The van der Waals surface area contributed by atoms with E-state index in [-0.39, 0.29) is 18.3 Å². The first-order valence-electron chi connectivity index (χ1n) is 14.2. The lowest BCUT2D eigenvalue weighted by Crippen LogP contribution is -2.49. The molecule has 0 aromatic heterocycles. The van der Waals surface area contributed by atoms with Gasteiger partial charge in [0.05, 0.1) is 23.6 Å². The van der Waals surface area contributed by atoms with Gasteiger partial charge in [0.2, 0.25) is 0 Å². The minimum absolute atomic E-state index is 0. The van der Waals surface area contributed by atoms with Crippen molar-refractivity contribution in [3.63, 3.8) is 0 Å². The van der Waals surface area contributed by atoms with Gasteiger partial charge in [-0.3, -0.25) is 18.2 Å². The van der Waals surface area contributed by atoms with Crippen LogP contribution in [-0.4, -0.2) is 64.2 Å². The molecule has 0 bridgehead atoms. The van der Waals surface area contributed by atoms with E-state index in [2.05, 4.69) is 16.0 Å². The first-order valence-corrected chi connectivity index (χ1v) is 16.2. The number of aliphatic hydroxyl groups excluding tert-OH is 1. The standard InChI is InChI=1S/C31H41ClN4O4S.ClH/c1-2-34-27-19-25(20-28(21-27)36-16-6-7-17-41(36,39)40)31(38)35-29(18-24-8-4-3-5-9-24)30(37)22-33-15-14-23-10-12-26(32)13-11-23;/h3-5,8-13,19-21,29-30,33-34,37,39-40H,2,6-7,14-18,22H2,1H3,(H,35,38);1H/t29-,30-;/m0./s1. The number of carbonyl (C=O) groups is 1. The lowest BCUT2D eigenvalue weighted by atomic mass is 10.00. The van der Waals surface area contributed by atoms with E-state index in [1.807, 2.05) is 67.6 Å². The molecule has 1 aliphatic rings. The SMILES string of the molecule is CCNc1cc(C(=O)N[C@@H](Cc2ccccc2)[C@@H](O)CNCCc2ccc(Cl)cc2)cc(N2CCCCS2(O)O)c1.Cl. The summed E-state index contributed by atoms with van der Waals surface area (Å²) in [5, 5.41) is 21.5. The number of carbonyl (C=O) groups excluding carboxylic acids is 1. The Hall–Kier alpha value is -2.50. The largest absolute Gasteiger partial charge is 0.390 e. The average Bonchev–Trinajstić information content (AvgIpc) is 2.96. The molecule has 4 rings (SSSR count). The van der Waals surface area contributed by atoms with E-state index in [4.69, 9.17) is 11.6 Å². The second kappa shape index (κ2) is 16.4. The molecule has 1 amide bonds. The minimum atomic E-state index is -2.94. The number of benzene rings is 3. The molecule has 3 aromatic carbocycles. The number of amides is 1. The maximum Gasteiger partial charge on any atom is 0.251 e. The predicted octanol–water partition coefficient (Wildman–Crippen LogP) is 5.99. The van der Waals surface area contributed by atoms with Gasteiger partial charge in [-0.15, -0.1) is 23.2 Å². The van der Waals surface area contributed by atoms with Gasteiger partial charge in [0.1, 0.15) is 0 Å². The van der Waals surface area contributed by atoms with Crippen molar-refractivity contribution in [2.75, 3.05) is 41.6 Å². The van der Waals surface area contributed by atoms with Gasteiger partial charge in [-0.1, -0.05) is 54.1 Å². The van der Waals surface area contributed by atoms with Gasteiger partial charge in [-0.2, -0.15) is 0 Å². The highest BCUT2D eigenvalue weighted by molar-refractivity contribution is 8.25. The van der Waals surface area contributed by atoms with Crippen molar-refractivity contribution < 1.29 is 19.0 Å². The molecule has 8 nitrogen and oxygen atoms in total. The molecule has 0 spiro atoms. The molecule has 0 saturated carbocycles. The van der Waals surface area contributed by atoms with Gasteiger partial charge < -0.3 is 21.1 Å². The number of halogens is 2. The maximum absolute atomic E-state index is 13.6. The van der Waals surface area contributed by atoms with Crippen LogP contribution < -0.4 is 20.3 Å². The monoisotopic (exact) mass is 636 g/mol. The molecule has 6 N–H and O–H groups in total. The van der Waals surface area contributed by atoms with Crippen LogP contribution >= 0.6 is 34.8 Å². The van der Waals surface area contributed by atoms with Gasteiger partial charge in [0, 0.05) is 35.9 Å². The van der Waals surface area contributed by atoms with Gasteiger partial charge in [0.15, 0.2) is 0 Å². The second-order valence-corrected chi connectivity index (χ2v) is 12.9. The maximum atomic E-state index is 13.6. The first-order chi connectivity index (χ1) is 19.7. The Bertz CT molecular complexity index is 1270. The van der Waals surface area contributed by atoms with Gasteiger partial charge in [-0.05, 0) is 80.6 Å². The molecular formula is C31H42Cl2N4O4S. The van der Waals surface area contributed by atoms with Gasteiger partial charge >= 0.3 is 0 Å². The highest BCUT2D eigenvalue weighted by Gasteiger charge is 2.28. The summed E-state index contributed by atoms with van der Waals surface area (Å²) in [6, 6.07) is 22.2. The molecule has 0 unspecified atom stereocenters. The summed E-state index contributed by atoms with van der Waals surface area (Å²) < 4.78 is 23.0. The summed E-state index contributed by atoms with van der Waals surface area (Å²) >= 11 is 5.98. The Morgan fingerprint density at radius 1 is 1.02 bits per heavy atom. The highest BCUT2D eigenvalue weighted by Crippen LogP contribution is 2.50. The Kier molecular flexibility index (Phi) is 13.3. The van der Waals surface area contributed by atoms with E-state index in [1.165, 1.54) is 0 Å². The van der Waals surface area contributed by atoms with Gasteiger partial charge in [0.25, 0.3) is 5.91 Å². The van der Waals surface area contributed by atoms with Crippen molar-refractivity contribution in [3.05, 3.63) is 94.5 Å². The van der Waals surface area contributed by atoms with Crippen LogP contribution in [0.2, 0.25) is 5.02 Å². The second-order valence-electron chi connectivity index (χ2n) is 10.4. The van der Waals surface area contributed by atoms with Crippen LogP contribution in [0, 0.1) is 0 Å². The highest BCUT2D eigenvalue weighted by atomic mass is 35.5. The molecule has 0 aliphatic carbocycles. The van der Waals surface area contributed by atoms with Crippen molar-refractivity contribution in [3.8, 4) is 0 Å². The quantitative estimate of drug-likeness (QED) is 0.128. The van der Waals surface area contributed by atoms with Crippen molar-refractivity contribution >= 4 is 52.1 Å². The van der Waals surface area contributed by atoms with Crippen LogP contribution in [0.1, 0.15) is 41.3 Å². The third kappa shape index (κ3) is 9.77. The van der Waals surface area contributed by atoms with Crippen LogP contribution in [0.25, 0.3) is 0 Å². The lowest BCUT2D eigenvalue weighted by Gasteiger charge is -2.47. The Morgan fingerprint density at radius 2 is 1.76 bits per heavy atom. The molecule has 1 heterocycles. The van der Waals surface area contributed by atoms with Crippen molar-refractivity contribution in [2.24, 2.45) is 0 Å². The van der Waals surface area contributed by atoms with E-state index in [0.29, 0.717) is 54.6 Å². The number of nitrogens with zero attached hydrogens (tertiary/aromatic N) is 1. The van der Waals surface area contributed by atoms with Crippen molar-refractivity contribution in [1.82, 2.24) is 10.6 Å². The zero-order valence-corrected chi connectivity index (χ0v) is 26.2. The summed E-state index contributed by atoms with van der Waals surface area (Å²) in [4.78, 5) is 13.6. The van der Waals surface area contributed by atoms with Gasteiger partial charge in [-0.25, -0.2) is 0 Å². The number of hydrogen-bond acceptors (Lipinski definition) is 7. The zero-order valence-electron chi connectivity index (χ0n) is 23.8. The third-order valence-electron chi connectivity index (χ3n) is 7.17. The molecule has 0 radical (unpaired) electrons. The normalized spacial score (nSPS) is 16.5. The van der Waals surface area contributed by atoms with E-state index in [1.54, 1.807) is 16.4 Å². The predicted molar refractivity (Wildman–Crippen MR) is 178 cm³/mol. The summed E-state index contributed by atoms with van der Waals surface area (Å²) in [6.45, 7) is 4.10. The fourth-order valence-corrected chi connectivity index (χ4v) is 6.78. The van der Waals surface area contributed by atoms with E-state index < -0.39 is 22.9 Å². The Labute approximate surface area is 261 Å². The number of anilines is 2. The Balaban J connectivity index is 0.00000484. The Morgan fingerprint density at radius 3 is 2.45 bits per heavy atom. The van der Waals surface area contributed by atoms with Crippen LogP contribution in [0.15, 0.2) is 72.8 Å². The number of nitrogens with one attached hydrogen (secondary N) is 3. The van der Waals surface area contributed by atoms with E-state index in [9.17, 15) is 19.0 Å². The molecule has 11 heteroatoms. The topological polar surface area (TPSA) is 117 Å². The fraction of sp³-hybridized carbons (Fsp3) is 0.387. The zero-order chi connectivity index (χ0) is 29.2. The van der Waals surface area contributed by atoms with Crippen molar-refractivity contribution in [2.45, 2.75) is 44.8 Å². The number of rotatable bonds is 13. The van der Waals surface area contributed by atoms with Crippen LogP contribution in [0.3, 0.4) is 0 Å². The molecule has 42 heavy (non-hydrogen) atoms. The van der Waals surface area contributed by atoms with Crippen LogP contribution in [-0.2, 0) is 12.8 Å². The summed E-state index contributed by atoms with van der Waals surface area (Å²) in [5.41, 5.74) is 3.85. The first kappa shape index (κ1) is 34.0. The van der Waals surface area contributed by atoms with Crippen molar-refractivity contribution in [1.29, 1.82) is 0 Å². The molecule has 2 atom stereocenters. The summed E-state index contributed by atoms with van der Waals surface area (Å²) in [5.74, 6) is -0.0169. The van der Waals surface area contributed by atoms with Crippen LogP contribution in [0.5, 0.6) is 0 Å². The molecule has 1 aliphatic heterocycles. The molecule has 230 valence electrons. The molecule has 1 saturated heterocycles. The number of aliphatic hydroxyl groups is 1. The van der Waals surface area contributed by atoms with E-state index in [0.717, 1.165) is 36.1 Å². The lowest BCUT2D eigenvalue weighted by molar-refractivity contribution is 0.0831. The summed E-state index contributed by atoms with van der Waals surface area (Å²) in [6.07, 6.45) is 2.01. The molecular weight excluding hydrogens is 595 g/mol.